The number of nitrogens with one attached hydrogen (secondary N) is 1. The van der Waals surface area contributed by atoms with E-state index in [0.717, 1.165) is 89.9 Å². The van der Waals surface area contributed by atoms with E-state index in [9.17, 15) is 35.1 Å². The molecule has 0 aromatic carbocycles. The molecule has 6 N–H and O–H groups in total. The van der Waals surface area contributed by atoms with Crippen LogP contribution in [0.5, 0.6) is 0 Å². The van der Waals surface area contributed by atoms with Gasteiger partial charge in [-0.15, -0.1) is 0 Å². The van der Waals surface area contributed by atoms with E-state index in [-0.39, 0.29) is 18.5 Å². The number of amides is 1. The van der Waals surface area contributed by atoms with E-state index in [1.807, 2.05) is 6.08 Å². The largest absolute Gasteiger partial charge is 0.466 e. The molecule has 1 heterocycles. The van der Waals surface area contributed by atoms with Crippen LogP contribution in [0.15, 0.2) is 48.6 Å². The fourth-order valence-electron chi connectivity index (χ4n) is 8.58. The molecule has 7 unspecified atom stereocenters. The summed E-state index contributed by atoms with van der Waals surface area (Å²) in [5.41, 5.74) is 0. The summed E-state index contributed by atoms with van der Waals surface area (Å²) in [5, 5.41) is 54.3. The molecule has 1 saturated heterocycles. The molecule has 1 aliphatic heterocycles. The first kappa shape index (κ1) is 64.6. The predicted octanol–water partition coefficient (Wildman–Crippen LogP) is 12.5. The first-order valence-electron chi connectivity index (χ1n) is 28.4. The summed E-state index contributed by atoms with van der Waals surface area (Å²) in [7, 11) is 0. The van der Waals surface area contributed by atoms with Gasteiger partial charge in [-0.1, -0.05) is 197 Å². The summed E-state index contributed by atoms with van der Waals surface area (Å²) in [5.74, 6) is -0.234. The van der Waals surface area contributed by atoms with Crippen LogP contribution < -0.4 is 5.32 Å². The monoisotopic (exact) mass is 976 g/mol. The van der Waals surface area contributed by atoms with Crippen LogP contribution in [0.1, 0.15) is 245 Å². The molecule has 0 aliphatic carbocycles. The first-order valence-corrected chi connectivity index (χ1v) is 28.4. The van der Waals surface area contributed by atoms with Crippen LogP contribution in [0.2, 0.25) is 0 Å². The summed E-state index contributed by atoms with van der Waals surface area (Å²) >= 11 is 0. The number of hydrogen-bond donors (Lipinski definition) is 6. The van der Waals surface area contributed by atoms with Crippen molar-refractivity contribution in [1.82, 2.24) is 5.32 Å². The molecule has 7 atom stereocenters. The average molecular weight is 976 g/mol. The van der Waals surface area contributed by atoms with Gasteiger partial charge in [0.15, 0.2) is 6.29 Å². The molecular formula is C58H105NO10. The van der Waals surface area contributed by atoms with E-state index in [1.165, 1.54) is 128 Å². The van der Waals surface area contributed by atoms with Crippen molar-refractivity contribution in [2.75, 3.05) is 19.8 Å². The minimum Gasteiger partial charge on any atom is -0.466 e. The molecule has 0 aromatic heterocycles. The van der Waals surface area contributed by atoms with Crippen LogP contribution in [-0.4, -0.2) is 100 Å². The van der Waals surface area contributed by atoms with Gasteiger partial charge in [-0.3, -0.25) is 9.59 Å². The maximum atomic E-state index is 13.0. The molecule has 0 spiro atoms. The molecule has 402 valence electrons. The minimum atomic E-state index is -1.57. The molecule has 1 rings (SSSR count). The van der Waals surface area contributed by atoms with Crippen LogP contribution >= 0.6 is 0 Å². The Bertz CT molecular complexity index is 1290. The van der Waals surface area contributed by atoms with Crippen molar-refractivity contribution >= 4 is 11.9 Å². The van der Waals surface area contributed by atoms with Gasteiger partial charge in [0.1, 0.15) is 24.4 Å². The number of aliphatic hydroxyl groups excluding tert-OH is 5. The van der Waals surface area contributed by atoms with Crippen molar-refractivity contribution in [3.8, 4) is 0 Å². The predicted molar refractivity (Wildman–Crippen MR) is 283 cm³/mol. The van der Waals surface area contributed by atoms with Crippen molar-refractivity contribution in [3.05, 3.63) is 48.6 Å². The highest BCUT2D eigenvalue weighted by Crippen LogP contribution is 2.23. The lowest BCUT2D eigenvalue weighted by molar-refractivity contribution is -0.302. The van der Waals surface area contributed by atoms with Crippen molar-refractivity contribution in [1.29, 1.82) is 0 Å². The number of ether oxygens (including phenoxy) is 3. The van der Waals surface area contributed by atoms with E-state index >= 15 is 0 Å². The Morgan fingerprint density at radius 1 is 0.536 bits per heavy atom. The Morgan fingerprint density at radius 3 is 1.52 bits per heavy atom. The molecular weight excluding hydrogens is 871 g/mol. The topological polar surface area (TPSA) is 175 Å². The number of esters is 1. The second-order valence-corrected chi connectivity index (χ2v) is 19.7. The Labute approximate surface area is 421 Å². The maximum Gasteiger partial charge on any atom is 0.305 e. The molecule has 0 saturated carbocycles. The number of carbonyl (C=O) groups excluding carboxylic acids is 2. The number of unbranched alkanes of at least 4 members (excludes halogenated alkanes) is 29. The van der Waals surface area contributed by atoms with E-state index in [1.54, 1.807) is 6.08 Å². The Morgan fingerprint density at radius 2 is 0.986 bits per heavy atom. The number of carbonyl (C=O) groups is 2. The van der Waals surface area contributed by atoms with E-state index in [2.05, 4.69) is 55.6 Å². The van der Waals surface area contributed by atoms with Crippen LogP contribution in [-0.2, 0) is 23.8 Å². The lowest BCUT2D eigenvalue weighted by atomic mass is 9.99. The van der Waals surface area contributed by atoms with Crippen molar-refractivity contribution < 1.29 is 49.3 Å². The fraction of sp³-hybridized carbons (Fsp3) is 0.828. The summed E-state index contributed by atoms with van der Waals surface area (Å²) in [6, 6.07) is -0.817. The summed E-state index contributed by atoms with van der Waals surface area (Å²) < 4.78 is 16.6. The number of aliphatic hydroxyl groups is 5. The lowest BCUT2D eigenvalue weighted by Crippen LogP contribution is -2.60. The molecule has 11 heteroatoms. The lowest BCUT2D eigenvalue weighted by Gasteiger charge is -2.40. The highest BCUT2D eigenvalue weighted by molar-refractivity contribution is 5.76. The molecule has 1 fully saturated rings. The second-order valence-electron chi connectivity index (χ2n) is 19.7. The zero-order chi connectivity index (χ0) is 50.3. The third-order valence-corrected chi connectivity index (χ3v) is 13.2. The van der Waals surface area contributed by atoms with Crippen LogP contribution in [0.4, 0.5) is 0 Å². The molecule has 1 aliphatic rings. The van der Waals surface area contributed by atoms with Crippen molar-refractivity contribution in [3.63, 3.8) is 0 Å². The summed E-state index contributed by atoms with van der Waals surface area (Å²) in [6.07, 6.45) is 49.1. The second kappa shape index (κ2) is 47.9. The Hall–Kier alpha value is -2.38. The quantitative estimate of drug-likeness (QED) is 0.0149. The van der Waals surface area contributed by atoms with Gasteiger partial charge in [0.05, 0.1) is 32.0 Å². The minimum absolute atomic E-state index is 0.0401. The van der Waals surface area contributed by atoms with Gasteiger partial charge in [-0.2, -0.15) is 0 Å². The molecule has 69 heavy (non-hydrogen) atoms. The maximum absolute atomic E-state index is 13.0. The number of hydrogen-bond acceptors (Lipinski definition) is 10. The number of rotatable bonds is 48. The van der Waals surface area contributed by atoms with Crippen molar-refractivity contribution in [2.24, 2.45) is 0 Å². The molecule has 1 amide bonds. The van der Waals surface area contributed by atoms with E-state index < -0.39 is 49.5 Å². The van der Waals surface area contributed by atoms with Gasteiger partial charge < -0.3 is 45.1 Å². The van der Waals surface area contributed by atoms with E-state index in [0.29, 0.717) is 19.4 Å². The van der Waals surface area contributed by atoms with Gasteiger partial charge >= 0.3 is 5.97 Å². The molecule has 0 bridgehead atoms. The van der Waals surface area contributed by atoms with Gasteiger partial charge in [0, 0.05) is 12.8 Å². The summed E-state index contributed by atoms with van der Waals surface area (Å²) in [6.45, 7) is 4.23. The third kappa shape index (κ3) is 38.0. The summed E-state index contributed by atoms with van der Waals surface area (Å²) in [4.78, 5) is 25.0. The average Bonchev–Trinajstić information content (AvgIpc) is 3.34. The SMILES string of the molecule is CCCC/C=C\CCCCCCCC(=O)OCCCCC/C=C\C=C/CCCCCCCCCCCCC(=O)NC(COC1OC(CO)C(O)C(O)C1O)C(O)/C=C/CCCCCCCCCCC. The van der Waals surface area contributed by atoms with Crippen LogP contribution in [0.25, 0.3) is 0 Å². The highest BCUT2D eigenvalue weighted by Gasteiger charge is 2.44. The zero-order valence-corrected chi connectivity index (χ0v) is 44.0. The first-order chi connectivity index (χ1) is 33.7. The molecule has 0 aromatic rings. The van der Waals surface area contributed by atoms with Crippen molar-refractivity contribution in [2.45, 2.75) is 288 Å². The van der Waals surface area contributed by atoms with Gasteiger partial charge in [-0.25, -0.2) is 0 Å². The molecule has 11 nitrogen and oxygen atoms in total. The number of allylic oxidation sites excluding steroid dienone is 7. The molecule has 0 radical (unpaired) electrons. The van der Waals surface area contributed by atoms with Gasteiger partial charge in [0.2, 0.25) is 5.91 Å². The smallest absolute Gasteiger partial charge is 0.305 e. The third-order valence-electron chi connectivity index (χ3n) is 13.2. The van der Waals surface area contributed by atoms with E-state index in [4.69, 9.17) is 14.2 Å². The zero-order valence-electron chi connectivity index (χ0n) is 44.0. The van der Waals surface area contributed by atoms with Gasteiger partial charge in [0.25, 0.3) is 0 Å². The Kier molecular flexibility index (Phi) is 44.9. The van der Waals surface area contributed by atoms with Crippen LogP contribution in [0.3, 0.4) is 0 Å². The Balaban J connectivity index is 2.12. The van der Waals surface area contributed by atoms with Gasteiger partial charge in [-0.05, 0) is 83.5 Å². The highest BCUT2D eigenvalue weighted by atomic mass is 16.7. The standard InChI is InChI=1S/C58H105NO10/c1-3-5-7-9-11-13-24-28-32-36-40-44-51(61)50(49-68-58-57(66)56(65)55(64)52(48-60)69-58)59-53(62)45-41-37-33-29-26-22-20-18-16-15-17-19-21-23-27-31-35-39-43-47-67-54(63)46-42-38-34-30-25-14-12-10-8-6-4-2/h10,12,19,21,23,27,40,44,50-52,55-58,60-61,64-66H,3-9,11,13-18,20,22,24-26,28-39,41-43,45-49H2,1-2H3,(H,59,62)/b12-10-,21-19-,27-23-,44-40+. The van der Waals surface area contributed by atoms with Crippen LogP contribution in [0, 0.1) is 0 Å². The normalized spacial score (nSPS) is 19.7. The fourth-order valence-corrected chi connectivity index (χ4v) is 8.58.